The Labute approximate surface area is 192 Å². The van der Waals surface area contributed by atoms with Gasteiger partial charge in [-0.25, -0.2) is 4.39 Å². The van der Waals surface area contributed by atoms with Crippen molar-refractivity contribution >= 4 is 28.4 Å². The number of fused-ring (bicyclic) bond motifs is 1. The van der Waals surface area contributed by atoms with Crippen LogP contribution in [0.3, 0.4) is 0 Å². The van der Waals surface area contributed by atoms with E-state index in [1.807, 2.05) is 17.9 Å². The molecule has 172 valence electrons. The molecular weight excluding hydrogens is 423 g/mol. The van der Waals surface area contributed by atoms with Crippen LogP contribution in [-0.2, 0) is 9.59 Å². The number of hydrogen-bond acceptors (Lipinski definition) is 4. The zero-order valence-electron chi connectivity index (χ0n) is 18.8. The number of methoxy groups -OCH3 is 1. The molecule has 0 radical (unpaired) electrons. The highest BCUT2D eigenvalue weighted by Gasteiger charge is 2.19. The fourth-order valence-corrected chi connectivity index (χ4v) is 4.13. The Morgan fingerprint density at radius 1 is 1.27 bits per heavy atom. The number of carbonyl (C=O) groups excluding carboxylic acids is 2. The lowest BCUT2D eigenvalue weighted by atomic mass is 9.99. The van der Waals surface area contributed by atoms with Crippen LogP contribution in [0.1, 0.15) is 31.7 Å². The molecule has 0 atom stereocenters. The van der Waals surface area contributed by atoms with Crippen LogP contribution in [0.2, 0.25) is 0 Å². The van der Waals surface area contributed by atoms with Crippen molar-refractivity contribution in [3.8, 4) is 16.9 Å². The lowest BCUT2D eigenvalue weighted by molar-refractivity contribution is -0.127. The summed E-state index contributed by atoms with van der Waals surface area (Å²) in [6.45, 7) is 3.82. The number of hydrogen-bond donors (Lipinski definition) is 1. The van der Waals surface area contributed by atoms with E-state index < -0.39 is 0 Å². The summed E-state index contributed by atoms with van der Waals surface area (Å²) in [5, 5.41) is 3.73. The Morgan fingerprint density at radius 3 is 2.76 bits per heavy atom. The second-order valence-electron chi connectivity index (χ2n) is 8.16. The van der Waals surface area contributed by atoms with Gasteiger partial charge in [-0.05, 0) is 49.1 Å². The maximum atomic E-state index is 13.3. The van der Waals surface area contributed by atoms with Crippen LogP contribution in [0.15, 0.2) is 53.2 Å². The molecule has 4 rings (SSSR count). The Bertz CT molecular complexity index is 1200. The summed E-state index contributed by atoms with van der Waals surface area (Å²) in [5.41, 5.74) is 3.83. The molecule has 2 amide bonds. The maximum Gasteiger partial charge on any atom is 0.244 e. The van der Waals surface area contributed by atoms with Gasteiger partial charge < -0.3 is 19.4 Å². The zero-order valence-corrected chi connectivity index (χ0v) is 18.8. The van der Waals surface area contributed by atoms with E-state index in [2.05, 4.69) is 5.32 Å². The van der Waals surface area contributed by atoms with Gasteiger partial charge in [0, 0.05) is 54.7 Å². The highest BCUT2D eigenvalue weighted by atomic mass is 19.1. The smallest absolute Gasteiger partial charge is 0.244 e. The molecule has 3 aromatic rings. The molecule has 1 aromatic heterocycles. The van der Waals surface area contributed by atoms with E-state index >= 15 is 0 Å². The number of ether oxygens (including phenoxy) is 1. The molecule has 1 N–H and O–H groups in total. The number of benzene rings is 2. The number of nitrogens with one attached hydrogen (secondary N) is 1. The van der Waals surface area contributed by atoms with Gasteiger partial charge in [0.05, 0.1) is 13.4 Å². The lowest BCUT2D eigenvalue weighted by Crippen LogP contribution is -2.30. The van der Waals surface area contributed by atoms with Crippen LogP contribution in [0.5, 0.6) is 5.75 Å². The van der Waals surface area contributed by atoms with E-state index in [9.17, 15) is 14.0 Å². The van der Waals surface area contributed by atoms with Gasteiger partial charge >= 0.3 is 0 Å². The molecule has 6 nitrogen and oxygen atoms in total. The number of amides is 2. The standard InChI is InChI=1S/C26H27FN2O4/c1-17(13-25(30)28-10-4-12-29-11-3-5-26(29)31)20-14-21-22(18-6-8-19(27)9-7-18)16-33-24(21)15-23(20)32-2/h6-9,13-16H,3-5,10-12H2,1-2H3,(H,28,30)/b17-13+. The first kappa shape index (κ1) is 22.6. The molecule has 0 unspecified atom stereocenters. The monoisotopic (exact) mass is 450 g/mol. The molecule has 0 saturated carbocycles. The van der Waals surface area contributed by atoms with Gasteiger partial charge in [-0.2, -0.15) is 0 Å². The average Bonchev–Trinajstić information content (AvgIpc) is 3.41. The first-order chi connectivity index (χ1) is 16.0. The van der Waals surface area contributed by atoms with E-state index in [0.29, 0.717) is 30.8 Å². The van der Waals surface area contributed by atoms with Crippen LogP contribution < -0.4 is 10.1 Å². The first-order valence-corrected chi connectivity index (χ1v) is 11.1. The van der Waals surface area contributed by atoms with Gasteiger partial charge in [0.25, 0.3) is 0 Å². The molecule has 0 spiro atoms. The van der Waals surface area contributed by atoms with Gasteiger partial charge in [0.15, 0.2) is 0 Å². The molecular formula is C26H27FN2O4. The third-order valence-electron chi connectivity index (χ3n) is 5.90. The molecule has 0 aliphatic carbocycles. The molecule has 1 saturated heterocycles. The fourth-order valence-electron chi connectivity index (χ4n) is 4.13. The number of nitrogens with zero attached hydrogens (tertiary/aromatic N) is 1. The predicted octanol–water partition coefficient (Wildman–Crippen LogP) is 4.78. The number of furan rings is 1. The van der Waals surface area contributed by atoms with Crippen LogP contribution in [0.4, 0.5) is 4.39 Å². The van der Waals surface area contributed by atoms with Gasteiger partial charge in [-0.1, -0.05) is 12.1 Å². The van der Waals surface area contributed by atoms with E-state index in [1.165, 1.54) is 12.1 Å². The molecule has 7 heteroatoms. The number of allylic oxidation sites excluding steroid dienone is 1. The van der Waals surface area contributed by atoms with Crippen molar-refractivity contribution in [3.05, 3.63) is 60.1 Å². The summed E-state index contributed by atoms with van der Waals surface area (Å²) in [5.74, 6) is 0.287. The minimum atomic E-state index is -0.300. The second kappa shape index (κ2) is 9.90. The first-order valence-electron chi connectivity index (χ1n) is 11.1. The summed E-state index contributed by atoms with van der Waals surface area (Å²) in [6, 6.07) is 9.95. The summed E-state index contributed by atoms with van der Waals surface area (Å²) in [4.78, 5) is 26.0. The third-order valence-corrected chi connectivity index (χ3v) is 5.90. The van der Waals surface area contributed by atoms with E-state index in [4.69, 9.17) is 9.15 Å². The van der Waals surface area contributed by atoms with Crippen LogP contribution in [0.25, 0.3) is 27.7 Å². The molecule has 33 heavy (non-hydrogen) atoms. The van der Waals surface area contributed by atoms with Crippen molar-refractivity contribution in [2.24, 2.45) is 0 Å². The molecule has 1 aliphatic rings. The Morgan fingerprint density at radius 2 is 2.06 bits per heavy atom. The number of carbonyl (C=O) groups is 2. The summed E-state index contributed by atoms with van der Waals surface area (Å²) in [6.07, 6.45) is 5.44. The van der Waals surface area contributed by atoms with Gasteiger partial charge in [0.1, 0.15) is 17.1 Å². The SMILES string of the molecule is COc1cc2occ(-c3ccc(F)cc3)c2cc1/C(C)=C/C(=O)NCCCN1CCCC1=O. The molecule has 2 heterocycles. The topological polar surface area (TPSA) is 71.8 Å². The van der Waals surface area contributed by atoms with Crippen LogP contribution >= 0.6 is 0 Å². The quantitative estimate of drug-likeness (QED) is 0.396. The van der Waals surface area contributed by atoms with Crippen molar-refractivity contribution in [2.75, 3.05) is 26.7 Å². The van der Waals surface area contributed by atoms with Crippen molar-refractivity contribution < 1.29 is 23.1 Å². The Hall–Kier alpha value is -3.61. The number of halogens is 1. The highest BCUT2D eigenvalue weighted by Crippen LogP contribution is 2.37. The second-order valence-corrected chi connectivity index (χ2v) is 8.16. The number of likely N-dealkylation sites (tertiary alicyclic amines) is 1. The molecule has 0 bridgehead atoms. The molecule has 1 aliphatic heterocycles. The molecule has 1 fully saturated rings. The van der Waals surface area contributed by atoms with Crippen molar-refractivity contribution in [2.45, 2.75) is 26.2 Å². The lowest BCUT2D eigenvalue weighted by Gasteiger charge is -2.15. The van der Waals surface area contributed by atoms with Gasteiger partial charge in [-0.15, -0.1) is 0 Å². The Balaban J connectivity index is 1.50. The van der Waals surface area contributed by atoms with Crippen LogP contribution in [-0.4, -0.2) is 43.5 Å². The largest absolute Gasteiger partial charge is 0.496 e. The van der Waals surface area contributed by atoms with Crippen molar-refractivity contribution in [3.63, 3.8) is 0 Å². The summed E-state index contributed by atoms with van der Waals surface area (Å²) in [7, 11) is 1.57. The minimum Gasteiger partial charge on any atom is -0.496 e. The van der Waals surface area contributed by atoms with E-state index in [0.717, 1.165) is 47.0 Å². The van der Waals surface area contributed by atoms with Gasteiger partial charge in [-0.3, -0.25) is 9.59 Å². The van der Waals surface area contributed by atoms with E-state index in [1.54, 1.807) is 37.6 Å². The third kappa shape index (κ3) is 5.08. The average molecular weight is 451 g/mol. The Kier molecular flexibility index (Phi) is 6.77. The minimum absolute atomic E-state index is 0.193. The van der Waals surface area contributed by atoms with Gasteiger partial charge in [0.2, 0.25) is 11.8 Å². The predicted molar refractivity (Wildman–Crippen MR) is 125 cm³/mol. The molecule has 2 aromatic carbocycles. The van der Waals surface area contributed by atoms with E-state index in [-0.39, 0.29) is 17.6 Å². The summed E-state index contributed by atoms with van der Waals surface area (Å²) >= 11 is 0. The number of rotatable bonds is 8. The van der Waals surface area contributed by atoms with Crippen molar-refractivity contribution in [1.29, 1.82) is 0 Å². The fraction of sp³-hybridized carbons (Fsp3) is 0.308. The van der Waals surface area contributed by atoms with Crippen LogP contribution in [0, 0.1) is 5.82 Å². The summed E-state index contributed by atoms with van der Waals surface area (Å²) < 4.78 is 24.6. The normalized spacial score (nSPS) is 14.2. The highest BCUT2D eigenvalue weighted by molar-refractivity contribution is 6.00. The zero-order chi connectivity index (χ0) is 23.4. The maximum absolute atomic E-state index is 13.3. The van der Waals surface area contributed by atoms with Crippen molar-refractivity contribution in [1.82, 2.24) is 10.2 Å².